The van der Waals surface area contributed by atoms with E-state index in [-0.39, 0.29) is 31.0 Å². The minimum Gasteiger partial charge on any atom is -0.394 e. The van der Waals surface area contributed by atoms with Crippen LogP contribution in [0, 0.1) is 0 Å². The first-order valence-corrected chi connectivity index (χ1v) is 7.17. The number of aliphatic hydroxyl groups excluding tert-OH is 1. The highest BCUT2D eigenvalue weighted by Crippen LogP contribution is 2.24. The Morgan fingerprint density at radius 1 is 1.36 bits per heavy atom. The van der Waals surface area contributed by atoms with E-state index in [1.54, 1.807) is 31.3 Å². The van der Waals surface area contributed by atoms with E-state index in [0.29, 0.717) is 16.3 Å². The van der Waals surface area contributed by atoms with Gasteiger partial charge in [0.1, 0.15) is 6.17 Å². The van der Waals surface area contributed by atoms with Gasteiger partial charge >= 0.3 is 0 Å². The molecule has 1 aliphatic rings. The Hall–Kier alpha value is -2.21. The summed E-state index contributed by atoms with van der Waals surface area (Å²) in [7, 11) is 1.58. The van der Waals surface area contributed by atoms with Gasteiger partial charge in [-0.1, -0.05) is 18.2 Å². The Bertz CT molecular complexity index is 787. The summed E-state index contributed by atoms with van der Waals surface area (Å²) in [6.45, 7) is -0.295. The standard InChI is InChI=1S/C16H17FN2O3/c1-18-8-14(12-4-2-3-5-13(12)15(18)21)16(22)19-7-10(17)6-11(19)9-20/h2-5,8,10-11,20H,6-7,9H2,1H3/t10-,11-/m0/s1. The van der Waals surface area contributed by atoms with E-state index in [1.165, 1.54) is 15.7 Å². The number of benzene rings is 1. The second-order valence-electron chi connectivity index (χ2n) is 5.63. The molecule has 0 spiro atoms. The number of halogens is 1. The van der Waals surface area contributed by atoms with Gasteiger partial charge in [-0.05, 0) is 6.07 Å². The topological polar surface area (TPSA) is 62.5 Å². The maximum absolute atomic E-state index is 13.6. The van der Waals surface area contributed by atoms with E-state index in [4.69, 9.17) is 0 Å². The van der Waals surface area contributed by atoms with Crippen molar-refractivity contribution < 1.29 is 14.3 Å². The molecule has 2 heterocycles. The van der Waals surface area contributed by atoms with Crippen LogP contribution in [0.5, 0.6) is 0 Å². The summed E-state index contributed by atoms with van der Waals surface area (Å²) in [6.07, 6.45) is 0.499. The summed E-state index contributed by atoms with van der Waals surface area (Å²) in [5, 5.41) is 10.3. The van der Waals surface area contributed by atoms with Gasteiger partial charge in [0, 0.05) is 30.4 Å². The molecule has 1 amide bonds. The number of aliphatic hydroxyl groups is 1. The van der Waals surface area contributed by atoms with Gasteiger partial charge in [0.2, 0.25) is 0 Å². The molecule has 2 aromatic rings. The minimum atomic E-state index is -1.13. The number of nitrogens with zero attached hydrogens (tertiary/aromatic N) is 2. The molecule has 0 bridgehead atoms. The molecule has 3 rings (SSSR count). The highest BCUT2D eigenvalue weighted by molar-refractivity contribution is 6.06. The number of aromatic nitrogens is 1. The zero-order valence-electron chi connectivity index (χ0n) is 12.2. The first kappa shape index (κ1) is 14.7. The Labute approximate surface area is 126 Å². The number of likely N-dealkylation sites (tertiary alicyclic amines) is 1. The van der Waals surface area contributed by atoms with Crippen molar-refractivity contribution in [3.8, 4) is 0 Å². The van der Waals surface area contributed by atoms with Crippen molar-refractivity contribution in [2.75, 3.05) is 13.2 Å². The van der Waals surface area contributed by atoms with Crippen molar-refractivity contribution >= 4 is 16.7 Å². The minimum absolute atomic E-state index is 0.0266. The number of hydrogen-bond acceptors (Lipinski definition) is 3. The lowest BCUT2D eigenvalue weighted by molar-refractivity contribution is 0.0674. The normalized spacial score (nSPS) is 21.5. The summed E-state index contributed by atoms with van der Waals surface area (Å²) >= 11 is 0. The zero-order valence-corrected chi connectivity index (χ0v) is 12.2. The summed E-state index contributed by atoms with van der Waals surface area (Å²) in [4.78, 5) is 26.3. The number of hydrogen-bond donors (Lipinski definition) is 1. The predicted molar refractivity (Wildman–Crippen MR) is 80.6 cm³/mol. The zero-order chi connectivity index (χ0) is 15.9. The van der Waals surface area contributed by atoms with Crippen LogP contribution in [0.4, 0.5) is 4.39 Å². The molecule has 1 saturated heterocycles. The molecule has 6 heteroatoms. The lowest BCUT2D eigenvalue weighted by Gasteiger charge is -2.23. The van der Waals surface area contributed by atoms with Crippen LogP contribution < -0.4 is 5.56 Å². The predicted octanol–water partition coefficient (Wildman–Crippen LogP) is 1.08. The van der Waals surface area contributed by atoms with Crippen LogP contribution in [0.1, 0.15) is 16.8 Å². The van der Waals surface area contributed by atoms with Crippen molar-refractivity contribution in [1.82, 2.24) is 9.47 Å². The lowest BCUT2D eigenvalue weighted by atomic mass is 10.1. The van der Waals surface area contributed by atoms with Crippen LogP contribution in [0.25, 0.3) is 10.8 Å². The number of fused-ring (bicyclic) bond motifs is 1. The van der Waals surface area contributed by atoms with E-state index < -0.39 is 12.2 Å². The average molecular weight is 304 g/mol. The quantitative estimate of drug-likeness (QED) is 0.903. The fourth-order valence-corrected chi connectivity index (χ4v) is 3.02. The summed E-state index contributed by atoms with van der Waals surface area (Å²) < 4.78 is 14.9. The average Bonchev–Trinajstić information content (AvgIpc) is 2.91. The van der Waals surface area contributed by atoms with Crippen LogP contribution in [-0.4, -0.2) is 45.8 Å². The maximum atomic E-state index is 13.6. The molecule has 1 aromatic carbocycles. The largest absolute Gasteiger partial charge is 0.394 e. The van der Waals surface area contributed by atoms with E-state index in [9.17, 15) is 19.1 Å². The van der Waals surface area contributed by atoms with Gasteiger partial charge in [0.15, 0.2) is 0 Å². The van der Waals surface area contributed by atoms with Crippen molar-refractivity contribution in [2.24, 2.45) is 7.05 Å². The molecule has 5 nitrogen and oxygen atoms in total. The van der Waals surface area contributed by atoms with Gasteiger partial charge in [-0.25, -0.2) is 4.39 Å². The first-order valence-electron chi connectivity index (χ1n) is 7.17. The third kappa shape index (κ3) is 2.29. The third-order valence-electron chi connectivity index (χ3n) is 4.16. The van der Waals surface area contributed by atoms with Gasteiger partial charge < -0.3 is 14.6 Å². The van der Waals surface area contributed by atoms with Crippen molar-refractivity contribution in [2.45, 2.75) is 18.6 Å². The number of aryl methyl sites for hydroxylation is 1. The fourth-order valence-electron chi connectivity index (χ4n) is 3.02. The monoisotopic (exact) mass is 304 g/mol. The van der Waals surface area contributed by atoms with Gasteiger partial charge in [0.25, 0.3) is 11.5 Å². The molecule has 1 fully saturated rings. The second kappa shape index (κ2) is 5.53. The number of alkyl halides is 1. The lowest BCUT2D eigenvalue weighted by Crippen LogP contribution is -2.38. The molecule has 0 unspecified atom stereocenters. The Kier molecular flexibility index (Phi) is 3.70. The van der Waals surface area contributed by atoms with Crippen molar-refractivity contribution in [1.29, 1.82) is 0 Å². The molecule has 1 aliphatic heterocycles. The van der Waals surface area contributed by atoms with Crippen molar-refractivity contribution in [3.05, 3.63) is 46.4 Å². The highest BCUT2D eigenvalue weighted by Gasteiger charge is 2.36. The second-order valence-corrected chi connectivity index (χ2v) is 5.63. The molecule has 1 aromatic heterocycles. The number of rotatable bonds is 2. The summed E-state index contributed by atoms with van der Waals surface area (Å²) in [6, 6.07) is 6.35. The molecular weight excluding hydrogens is 287 g/mol. The van der Waals surface area contributed by atoms with Gasteiger partial charge in [-0.2, -0.15) is 0 Å². The van der Waals surface area contributed by atoms with E-state index in [1.807, 2.05) is 0 Å². The van der Waals surface area contributed by atoms with Gasteiger partial charge in [-0.3, -0.25) is 9.59 Å². The third-order valence-corrected chi connectivity index (χ3v) is 4.16. The number of carbonyl (C=O) groups excluding carboxylic acids is 1. The van der Waals surface area contributed by atoms with E-state index in [2.05, 4.69) is 0 Å². The van der Waals surface area contributed by atoms with E-state index >= 15 is 0 Å². The van der Waals surface area contributed by atoms with Crippen LogP contribution >= 0.6 is 0 Å². The highest BCUT2D eigenvalue weighted by atomic mass is 19.1. The van der Waals surface area contributed by atoms with Gasteiger partial charge in [0.05, 0.1) is 24.8 Å². The van der Waals surface area contributed by atoms with E-state index in [0.717, 1.165) is 0 Å². The molecule has 0 aliphatic carbocycles. The molecule has 1 N–H and O–H groups in total. The van der Waals surface area contributed by atoms with Crippen LogP contribution in [0.2, 0.25) is 0 Å². The number of amides is 1. The Morgan fingerprint density at radius 2 is 2.05 bits per heavy atom. The summed E-state index contributed by atoms with van der Waals surface area (Å²) in [5.74, 6) is -0.356. The first-order chi connectivity index (χ1) is 10.5. The molecule has 0 saturated carbocycles. The molecule has 0 radical (unpaired) electrons. The van der Waals surface area contributed by atoms with Crippen LogP contribution in [0.3, 0.4) is 0 Å². The SMILES string of the molecule is Cn1cc(C(=O)N2C[C@@H](F)C[C@H]2CO)c2ccccc2c1=O. The molecule has 2 atom stereocenters. The number of carbonyl (C=O) groups is 1. The molecule has 22 heavy (non-hydrogen) atoms. The Balaban J connectivity index is 2.12. The molecular formula is C16H17FN2O3. The summed E-state index contributed by atoms with van der Waals surface area (Å²) in [5.41, 5.74) is 0.167. The fraction of sp³-hybridized carbons (Fsp3) is 0.375. The number of pyridine rings is 1. The maximum Gasteiger partial charge on any atom is 0.258 e. The van der Waals surface area contributed by atoms with Crippen LogP contribution in [-0.2, 0) is 7.05 Å². The van der Waals surface area contributed by atoms with Crippen LogP contribution in [0.15, 0.2) is 35.3 Å². The Morgan fingerprint density at radius 3 is 2.73 bits per heavy atom. The smallest absolute Gasteiger partial charge is 0.258 e. The van der Waals surface area contributed by atoms with Gasteiger partial charge in [-0.15, -0.1) is 0 Å². The van der Waals surface area contributed by atoms with Crippen molar-refractivity contribution in [3.63, 3.8) is 0 Å². The molecule has 116 valence electrons.